The summed E-state index contributed by atoms with van der Waals surface area (Å²) in [6.45, 7) is 16.7. The molecule has 4 aliphatic rings. The van der Waals surface area contributed by atoms with Crippen LogP contribution in [0.1, 0.15) is 18.7 Å². The second-order valence-corrected chi connectivity index (χ2v) is 9.66. The summed E-state index contributed by atoms with van der Waals surface area (Å²) in [6, 6.07) is 2.24. The summed E-state index contributed by atoms with van der Waals surface area (Å²) < 4.78 is 11.0. The number of rotatable bonds is 6. The van der Waals surface area contributed by atoms with Crippen LogP contribution in [0.15, 0.2) is 6.07 Å². The number of hydrogen-bond acceptors (Lipinski definition) is 8. The minimum atomic E-state index is 0.724. The summed E-state index contributed by atoms with van der Waals surface area (Å²) in [6.07, 6.45) is 2.50. The first kappa shape index (κ1) is 21.4. The zero-order valence-electron chi connectivity index (χ0n) is 19.0. The lowest BCUT2D eigenvalue weighted by molar-refractivity contribution is 0.0319. The van der Waals surface area contributed by atoms with Gasteiger partial charge in [0.1, 0.15) is 17.5 Å². The number of anilines is 2. The SMILES string of the molecule is Cc1nc(N2CCC(CN3CCOCC3)C2)cc(N2CCC(CN3CCOCC3)C2)n1. The van der Waals surface area contributed by atoms with Gasteiger partial charge in [-0.15, -0.1) is 0 Å². The molecule has 2 unspecified atom stereocenters. The predicted molar refractivity (Wildman–Crippen MR) is 122 cm³/mol. The van der Waals surface area contributed by atoms with E-state index >= 15 is 0 Å². The van der Waals surface area contributed by atoms with Crippen LogP contribution in [0.2, 0.25) is 0 Å². The summed E-state index contributed by atoms with van der Waals surface area (Å²) >= 11 is 0. The third kappa shape index (κ3) is 5.48. The van der Waals surface area contributed by atoms with Crippen molar-refractivity contribution < 1.29 is 9.47 Å². The van der Waals surface area contributed by atoms with E-state index in [1.54, 1.807) is 0 Å². The lowest BCUT2D eigenvalue weighted by atomic mass is 10.1. The van der Waals surface area contributed by atoms with E-state index in [-0.39, 0.29) is 0 Å². The third-order valence-electron chi connectivity index (χ3n) is 7.27. The Hall–Kier alpha value is -1.48. The van der Waals surface area contributed by atoms with Gasteiger partial charge >= 0.3 is 0 Å². The topological polar surface area (TPSA) is 57.2 Å². The maximum Gasteiger partial charge on any atom is 0.134 e. The molecule has 8 nitrogen and oxygen atoms in total. The zero-order valence-corrected chi connectivity index (χ0v) is 19.0. The van der Waals surface area contributed by atoms with Crippen LogP contribution in [0, 0.1) is 18.8 Å². The summed E-state index contributed by atoms with van der Waals surface area (Å²) in [7, 11) is 0. The van der Waals surface area contributed by atoms with Crippen molar-refractivity contribution in [2.24, 2.45) is 11.8 Å². The molecular formula is C23H38N6O2. The second-order valence-electron chi connectivity index (χ2n) is 9.66. The Morgan fingerprint density at radius 3 is 1.65 bits per heavy atom. The average molecular weight is 431 g/mol. The van der Waals surface area contributed by atoms with Gasteiger partial charge in [-0.05, 0) is 31.6 Å². The third-order valence-corrected chi connectivity index (χ3v) is 7.27. The second kappa shape index (κ2) is 9.98. The van der Waals surface area contributed by atoms with Crippen molar-refractivity contribution in [3.8, 4) is 0 Å². The number of aryl methyl sites for hydroxylation is 1. The van der Waals surface area contributed by atoms with Gasteiger partial charge in [-0.2, -0.15) is 0 Å². The molecule has 0 aromatic carbocycles. The van der Waals surface area contributed by atoms with Crippen molar-refractivity contribution >= 4 is 11.6 Å². The van der Waals surface area contributed by atoms with Crippen LogP contribution < -0.4 is 9.80 Å². The first-order chi connectivity index (χ1) is 15.2. The maximum atomic E-state index is 5.50. The van der Waals surface area contributed by atoms with Gasteiger partial charge in [0.15, 0.2) is 0 Å². The lowest BCUT2D eigenvalue weighted by Gasteiger charge is -2.29. The molecule has 0 radical (unpaired) electrons. The van der Waals surface area contributed by atoms with Gasteiger partial charge in [0, 0.05) is 71.5 Å². The summed E-state index contributed by atoms with van der Waals surface area (Å²) in [5.41, 5.74) is 0. The fourth-order valence-corrected chi connectivity index (χ4v) is 5.54. The van der Waals surface area contributed by atoms with Crippen LogP contribution in [-0.2, 0) is 9.47 Å². The normalized spacial score (nSPS) is 28.5. The minimum absolute atomic E-state index is 0.724. The molecule has 1 aromatic heterocycles. The Bertz CT molecular complexity index is 666. The van der Waals surface area contributed by atoms with Crippen molar-refractivity contribution in [3.05, 3.63) is 11.9 Å². The van der Waals surface area contributed by atoms with Gasteiger partial charge in [-0.25, -0.2) is 9.97 Å². The molecule has 0 N–H and O–H groups in total. The highest BCUT2D eigenvalue weighted by molar-refractivity contribution is 5.52. The Morgan fingerprint density at radius 2 is 1.19 bits per heavy atom. The summed E-state index contributed by atoms with van der Waals surface area (Å²) in [4.78, 5) is 19.7. The van der Waals surface area contributed by atoms with Crippen molar-refractivity contribution in [1.82, 2.24) is 19.8 Å². The molecule has 8 heteroatoms. The van der Waals surface area contributed by atoms with E-state index in [1.807, 2.05) is 6.92 Å². The molecule has 0 bridgehead atoms. The van der Waals surface area contributed by atoms with E-state index < -0.39 is 0 Å². The van der Waals surface area contributed by atoms with Crippen LogP contribution in [0.25, 0.3) is 0 Å². The van der Waals surface area contributed by atoms with E-state index in [4.69, 9.17) is 19.4 Å². The van der Waals surface area contributed by atoms with E-state index in [0.717, 1.165) is 108 Å². The molecule has 0 amide bonds. The number of ether oxygens (including phenoxy) is 2. The maximum absolute atomic E-state index is 5.50. The largest absolute Gasteiger partial charge is 0.379 e. The smallest absolute Gasteiger partial charge is 0.134 e. The number of aromatic nitrogens is 2. The molecule has 5 rings (SSSR count). The lowest BCUT2D eigenvalue weighted by Crippen LogP contribution is -2.40. The van der Waals surface area contributed by atoms with Crippen LogP contribution in [-0.4, -0.2) is 112 Å². The molecular weight excluding hydrogens is 392 g/mol. The first-order valence-electron chi connectivity index (χ1n) is 12.2. The molecule has 4 fully saturated rings. The first-order valence-corrected chi connectivity index (χ1v) is 12.2. The molecule has 5 heterocycles. The van der Waals surface area contributed by atoms with Gasteiger partial charge in [0.25, 0.3) is 0 Å². The van der Waals surface area contributed by atoms with Crippen LogP contribution in [0.3, 0.4) is 0 Å². The summed E-state index contributed by atoms with van der Waals surface area (Å²) in [5.74, 6) is 4.57. The van der Waals surface area contributed by atoms with Crippen molar-refractivity contribution in [1.29, 1.82) is 0 Å². The molecule has 0 saturated carbocycles. The van der Waals surface area contributed by atoms with Gasteiger partial charge in [0.2, 0.25) is 0 Å². The van der Waals surface area contributed by atoms with Crippen LogP contribution >= 0.6 is 0 Å². The Kier molecular flexibility index (Phi) is 6.88. The van der Waals surface area contributed by atoms with Gasteiger partial charge in [0.05, 0.1) is 26.4 Å². The predicted octanol–water partition coefficient (Wildman–Crippen LogP) is 1.10. The van der Waals surface area contributed by atoms with Crippen LogP contribution in [0.4, 0.5) is 11.6 Å². The van der Waals surface area contributed by atoms with Gasteiger partial charge < -0.3 is 19.3 Å². The molecule has 172 valence electrons. The van der Waals surface area contributed by atoms with Crippen LogP contribution in [0.5, 0.6) is 0 Å². The number of morpholine rings is 2. The highest BCUT2D eigenvalue weighted by atomic mass is 16.5. The molecule has 0 spiro atoms. The number of nitrogens with zero attached hydrogens (tertiary/aromatic N) is 6. The van der Waals surface area contributed by atoms with E-state index in [2.05, 4.69) is 25.7 Å². The summed E-state index contributed by atoms with van der Waals surface area (Å²) in [5, 5.41) is 0. The monoisotopic (exact) mass is 430 g/mol. The Morgan fingerprint density at radius 1 is 0.742 bits per heavy atom. The zero-order chi connectivity index (χ0) is 21.0. The van der Waals surface area contributed by atoms with Crippen molar-refractivity contribution in [2.45, 2.75) is 19.8 Å². The van der Waals surface area contributed by atoms with Gasteiger partial charge in [-0.3, -0.25) is 9.80 Å². The quantitative estimate of drug-likeness (QED) is 0.665. The molecule has 4 aliphatic heterocycles. The van der Waals surface area contributed by atoms with E-state index in [9.17, 15) is 0 Å². The minimum Gasteiger partial charge on any atom is -0.379 e. The molecule has 2 atom stereocenters. The standard InChI is InChI=1S/C23H38N6O2/c1-19-24-22(28-4-2-20(17-28)15-26-6-10-30-11-7-26)14-23(25-19)29-5-3-21(18-29)16-27-8-12-31-13-9-27/h14,20-21H,2-13,15-18H2,1H3. The highest BCUT2D eigenvalue weighted by Gasteiger charge is 2.29. The molecule has 0 aliphatic carbocycles. The fraction of sp³-hybridized carbons (Fsp3) is 0.826. The fourth-order valence-electron chi connectivity index (χ4n) is 5.54. The average Bonchev–Trinajstić information content (AvgIpc) is 3.45. The van der Waals surface area contributed by atoms with Crippen molar-refractivity contribution in [3.63, 3.8) is 0 Å². The highest BCUT2D eigenvalue weighted by Crippen LogP contribution is 2.29. The van der Waals surface area contributed by atoms with E-state index in [1.165, 1.54) is 25.9 Å². The molecule has 31 heavy (non-hydrogen) atoms. The van der Waals surface area contributed by atoms with E-state index in [0.29, 0.717) is 0 Å². The Balaban J connectivity index is 1.17. The van der Waals surface area contributed by atoms with Gasteiger partial charge in [-0.1, -0.05) is 0 Å². The number of hydrogen-bond donors (Lipinski definition) is 0. The van der Waals surface area contributed by atoms with Crippen molar-refractivity contribution in [2.75, 3.05) is 102 Å². The Labute approximate surface area is 186 Å². The molecule has 4 saturated heterocycles. The molecule has 1 aromatic rings.